The largest absolute Gasteiger partial charge is 0.322 e. The second-order valence-electron chi connectivity index (χ2n) is 6.33. The van der Waals surface area contributed by atoms with Gasteiger partial charge in [0.1, 0.15) is 10.6 Å². The van der Waals surface area contributed by atoms with Crippen molar-refractivity contribution in [2.75, 3.05) is 16.4 Å². The van der Waals surface area contributed by atoms with Crippen LogP contribution >= 0.6 is 23.1 Å². The zero-order valence-electron chi connectivity index (χ0n) is 16.6. The molecule has 0 aliphatic rings. The Kier molecular flexibility index (Phi) is 6.95. The number of benzene rings is 1. The highest BCUT2D eigenvalue weighted by atomic mass is 32.2. The van der Waals surface area contributed by atoms with E-state index in [4.69, 9.17) is 0 Å². The second-order valence-corrected chi connectivity index (χ2v) is 8.33. The number of nitrogens with zero attached hydrogens (tertiary/aromatic N) is 4. The zero-order valence-corrected chi connectivity index (χ0v) is 18.3. The Morgan fingerprint density at radius 2 is 1.90 bits per heavy atom. The SMILES string of the molecule is CCc1nnc(NC(=O)CSc2ncc(C(=O)Nc3ccc(C)cc3)c(=O)n2C)s1. The van der Waals surface area contributed by atoms with Gasteiger partial charge in [0, 0.05) is 18.9 Å². The highest BCUT2D eigenvalue weighted by Crippen LogP contribution is 2.18. The molecule has 0 saturated carbocycles. The Morgan fingerprint density at radius 1 is 1.17 bits per heavy atom. The molecule has 30 heavy (non-hydrogen) atoms. The Hall–Kier alpha value is -3.05. The lowest BCUT2D eigenvalue weighted by Gasteiger charge is -2.09. The van der Waals surface area contributed by atoms with Gasteiger partial charge in [0.15, 0.2) is 5.16 Å². The number of amides is 2. The number of aryl methyl sites for hydroxylation is 2. The minimum absolute atomic E-state index is 0.0379. The molecule has 0 fully saturated rings. The summed E-state index contributed by atoms with van der Waals surface area (Å²) in [5.74, 6) is -0.783. The van der Waals surface area contributed by atoms with E-state index in [1.807, 2.05) is 26.0 Å². The Bertz CT molecular complexity index is 1120. The van der Waals surface area contributed by atoms with Crippen LogP contribution in [0.4, 0.5) is 10.8 Å². The molecule has 2 N–H and O–H groups in total. The van der Waals surface area contributed by atoms with Crippen molar-refractivity contribution in [2.45, 2.75) is 25.4 Å². The molecular formula is C19H20N6O3S2. The third-order valence-corrected chi connectivity index (χ3v) is 6.06. The summed E-state index contributed by atoms with van der Waals surface area (Å²) in [4.78, 5) is 41.3. The lowest BCUT2D eigenvalue weighted by atomic mass is 10.2. The number of carbonyl (C=O) groups excluding carboxylic acids is 2. The molecule has 0 unspecified atom stereocenters. The molecule has 0 radical (unpaired) electrons. The number of rotatable bonds is 7. The molecule has 156 valence electrons. The van der Waals surface area contributed by atoms with Crippen LogP contribution in [0.25, 0.3) is 0 Å². The molecule has 0 atom stereocenters. The first kappa shape index (κ1) is 21.7. The molecule has 1 aromatic carbocycles. The maximum atomic E-state index is 12.6. The minimum atomic E-state index is -0.538. The maximum absolute atomic E-state index is 12.6. The molecule has 9 nitrogen and oxygen atoms in total. The molecular weight excluding hydrogens is 424 g/mol. The van der Waals surface area contributed by atoms with Crippen LogP contribution in [0.3, 0.4) is 0 Å². The monoisotopic (exact) mass is 444 g/mol. The Labute approximate surface area is 181 Å². The molecule has 3 aromatic rings. The smallest absolute Gasteiger partial charge is 0.266 e. The summed E-state index contributed by atoms with van der Waals surface area (Å²) in [5, 5.41) is 14.8. The Balaban J connectivity index is 1.63. The van der Waals surface area contributed by atoms with Crippen LogP contribution in [0.15, 0.2) is 40.4 Å². The van der Waals surface area contributed by atoms with Crippen LogP contribution in [0.5, 0.6) is 0 Å². The number of aromatic nitrogens is 4. The van der Waals surface area contributed by atoms with E-state index in [2.05, 4.69) is 25.8 Å². The van der Waals surface area contributed by atoms with Gasteiger partial charge in [0.2, 0.25) is 11.0 Å². The molecule has 2 heterocycles. The van der Waals surface area contributed by atoms with Gasteiger partial charge in [-0.1, -0.05) is 47.7 Å². The van der Waals surface area contributed by atoms with Crippen LogP contribution in [-0.4, -0.2) is 37.3 Å². The van der Waals surface area contributed by atoms with Crippen molar-refractivity contribution < 1.29 is 9.59 Å². The van der Waals surface area contributed by atoms with Crippen molar-refractivity contribution in [3.05, 3.63) is 57.0 Å². The van der Waals surface area contributed by atoms with Crippen molar-refractivity contribution >= 4 is 45.7 Å². The lowest BCUT2D eigenvalue weighted by molar-refractivity contribution is -0.113. The summed E-state index contributed by atoms with van der Waals surface area (Å²) in [5.41, 5.74) is 1.08. The van der Waals surface area contributed by atoms with E-state index in [0.717, 1.165) is 28.8 Å². The predicted molar refractivity (Wildman–Crippen MR) is 117 cm³/mol. The second kappa shape index (κ2) is 9.63. The third kappa shape index (κ3) is 5.30. The normalized spacial score (nSPS) is 10.6. The van der Waals surface area contributed by atoms with Crippen LogP contribution in [-0.2, 0) is 18.3 Å². The molecule has 0 spiro atoms. The van der Waals surface area contributed by atoms with Gasteiger partial charge in [-0.05, 0) is 25.5 Å². The number of hydrogen-bond acceptors (Lipinski definition) is 8. The van der Waals surface area contributed by atoms with Crippen molar-refractivity contribution in [2.24, 2.45) is 7.05 Å². The first-order chi connectivity index (χ1) is 14.4. The third-order valence-electron chi connectivity index (χ3n) is 4.03. The number of carbonyl (C=O) groups is 2. The van der Waals surface area contributed by atoms with Gasteiger partial charge in [0.25, 0.3) is 11.5 Å². The van der Waals surface area contributed by atoms with Gasteiger partial charge in [-0.2, -0.15) is 0 Å². The summed E-state index contributed by atoms with van der Waals surface area (Å²) >= 11 is 2.41. The summed E-state index contributed by atoms with van der Waals surface area (Å²) in [6, 6.07) is 7.24. The number of anilines is 2. The van der Waals surface area contributed by atoms with Crippen LogP contribution in [0, 0.1) is 6.92 Å². The summed E-state index contributed by atoms with van der Waals surface area (Å²) in [6.07, 6.45) is 1.97. The standard InChI is InChI=1S/C19H20N6O3S2/c1-4-15-23-24-18(30-15)22-14(26)10-29-19-20-9-13(17(28)25(19)3)16(27)21-12-7-5-11(2)6-8-12/h5-9H,4,10H2,1-3H3,(H,21,27)(H,22,24,26). The number of thioether (sulfide) groups is 1. The van der Waals surface area contributed by atoms with Crippen molar-refractivity contribution in [3.8, 4) is 0 Å². The Morgan fingerprint density at radius 3 is 2.57 bits per heavy atom. The van der Waals surface area contributed by atoms with Crippen LogP contribution in [0.1, 0.15) is 27.9 Å². The molecule has 0 saturated heterocycles. The van der Waals surface area contributed by atoms with E-state index in [0.29, 0.717) is 16.0 Å². The van der Waals surface area contributed by atoms with Gasteiger partial charge < -0.3 is 5.32 Å². The summed E-state index contributed by atoms with van der Waals surface area (Å²) in [6.45, 7) is 3.90. The van der Waals surface area contributed by atoms with Crippen molar-refractivity contribution in [1.29, 1.82) is 0 Å². The van der Waals surface area contributed by atoms with E-state index < -0.39 is 11.5 Å². The van der Waals surface area contributed by atoms with E-state index >= 15 is 0 Å². The van der Waals surface area contributed by atoms with Gasteiger partial charge in [-0.3, -0.25) is 24.3 Å². The summed E-state index contributed by atoms with van der Waals surface area (Å²) < 4.78 is 1.25. The molecule has 0 bridgehead atoms. The predicted octanol–water partition coefficient (Wildman–Crippen LogP) is 2.49. The average Bonchev–Trinajstić information content (AvgIpc) is 3.18. The maximum Gasteiger partial charge on any atom is 0.266 e. The molecule has 3 rings (SSSR count). The molecule has 11 heteroatoms. The number of nitrogens with one attached hydrogen (secondary N) is 2. The highest BCUT2D eigenvalue weighted by Gasteiger charge is 2.16. The average molecular weight is 445 g/mol. The zero-order chi connectivity index (χ0) is 21.7. The van der Waals surface area contributed by atoms with Gasteiger partial charge >= 0.3 is 0 Å². The molecule has 0 aliphatic heterocycles. The van der Waals surface area contributed by atoms with E-state index in [1.54, 1.807) is 12.1 Å². The molecule has 2 amide bonds. The van der Waals surface area contributed by atoms with E-state index in [-0.39, 0.29) is 17.2 Å². The van der Waals surface area contributed by atoms with E-state index in [1.165, 1.54) is 29.1 Å². The number of hydrogen-bond donors (Lipinski definition) is 2. The van der Waals surface area contributed by atoms with Crippen LogP contribution < -0.4 is 16.2 Å². The van der Waals surface area contributed by atoms with Gasteiger partial charge in [0.05, 0.1) is 5.75 Å². The summed E-state index contributed by atoms with van der Waals surface area (Å²) in [7, 11) is 1.51. The quantitative estimate of drug-likeness (QED) is 0.424. The van der Waals surface area contributed by atoms with Gasteiger partial charge in [-0.25, -0.2) is 4.98 Å². The van der Waals surface area contributed by atoms with Crippen molar-refractivity contribution in [3.63, 3.8) is 0 Å². The minimum Gasteiger partial charge on any atom is -0.322 e. The fourth-order valence-corrected chi connectivity index (χ4v) is 3.82. The van der Waals surface area contributed by atoms with Gasteiger partial charge in [-0.15, -0.1) is 10.2 Å². The van der Waals surface area contributed by atoms with Crippen LogP contribution in [0.2, 0.25) is 0 Å². The fraction of sp³-hybridized carbons (Fsp3) is 0.263. The lowest BCUT2D eigenvalue weighted by Crippen LogP contribution is -2.29. The first-order valence-corrected chi connectivity index (χ1v) is 10.9. The molecule has 2 aromatic heterocycles. The highest BCUT2D eigenvalue weighted by molar-refractivity contribution is 7.99. The topological polar surface area (TPSA) is 119 Å². The first-order valence-electron chi connectivity index (χ1n) is 9.06. The fourth-order valence-electron chi connectivity index (χ4n) is 2.39. The van der Waals surface area contributed by atoms with Crippen molar-refractivity contribution in [1.82, 2.24) is 19.7 Å². The molecule has 0 aliphatic carbocycles. The van der Waals surface area contributed by atoms with E-state index in [9.17, 15) is 14.4 Å².